The van der Waals surface area contributed by atoms with Gasteiger partial charge in [0, 0.05) is 10.8 Å². The summed E-state index contributed by atoms with van der Waals surface area (Å²) in [4.78, 5) is 0. The monoisotopic (exact) mass is 414 g/mol. The van der Waals surface area contributed by atoms with Crippen molar-refractivity contribution in [1.82, 2.24) is 0 Å². The summed E-state index contributed by atoms with van der Waals surface area (Å²) in [5.74, 6) is -0.267. The molecule has 3 rings (SSSR count). The first-order chi connectivity index (χ1) is 14.7. The van der Waals surface area contributed by atoms with Crippen LogP contribution in [0.4, 0.5) is 8.78 Å². The van der Waals surface area contributed by atoms with E-state index in [0.717, 1.165) is 32.1 Å². The third-order valence-electron chi connectivity index (χ3n) is 5.51. The minimum absolute atomic E-state index is 0.251. The van der Waals surface area contributed by atoms with E-state index in [1.54, 1.807) is 24.3 Å². The first-order valence-corrected chi connectivity index (χ1v) is 11.3. The molecular formula is C26H32F2O2. The molecule has 0 aliphatic carbocycles. The molecule has 0 fully saturated rings. The van der Waals surface area contributed by atoms with Gasteiger partial charge in [-0.1, -0.05) is 64.5 Å². The van der Waals surface area contributed by atoms with Crippen molar-refractivity contribution in [3.05, 3.63) is 48.0 Å². The summed E-state index contributed by atoms with van der Waals surface area (Å²) in [6.45, 7) is 5.30. The Morgan fingerprint density at radius 3 is 1.43 bits per heavy atom. The van der Waals surface area contributed by atoms with Crippen LogP contribution in [0.1, 0.15) is 65.2 Å². The van der Waals surface area contributed by atoms with E-state index in [4.69, 9.17) is 9.47 Å². The zero-order valence-corrected chi connectivity index (χ0v) is 18.1. The maximum atomic E-state index is 15.0. The molecule has 0 amide bonds. The second kappa shape index (κ2) is 11.1. The number of benzene rings is 3. The first-order valence-electron chi connectivity index (χ1n) is 11.3. The van der Waals surface area contributed by atoms with Crippen molar-refractivity contribution < 1.29 is 18.3 Å². The molecule has 3 aromatic rings. The largest absolute Gasteiger partial charge is 0.490 e. The summed E-state index contributed by atoms with van der Waals surface area (Å²) in [5, 5.41) is 2.24. The van der Waals surface area contributed by atoms with Gasteiger partial charge in [-0.25, -0.2) is 8.78 Å². The van der Waals surface area contributed by atoms with Gasteiger partial charge in [0.05, 0.1) is 13.2 Å². The molecule has 0 aromatic heterocycles. The van der Waals surface area contributed by atoms with E-state index in [-0.39, 0.29) is 17.3 Å². The van der Waals surface area contributed by atoms with Gasteiger partial charge in [-0.2, -0.15) is 0 Å². The summed E-state index contributed by atoms with van der Waals surface area (Å²) >= 11 is 0. The van der Waals surface area contributed by atoms with Gasteiger partial charge >= 0.3 is 0 Å². The van der Waals surface area contributed by atoms with Gasteiger partial charge in [0.25, 0.3) is 0 Å². The van der Waals surface area contributed by atoms with Crippen LogP contribution in [0, 0.1) is 11.6 Å². The maximum absolute atomic E-state index is 15.0. The smallest absolute Gasteiger partial charge is 0.172 e. The lowest BCUT2D eigenvalue weighted by Crippen LogP contribution is -2.01. The highest BCUT2D eigenvalue weighted by Gasteiger charge is 2.15. The van der Waals surface area contributed by atoms with Crippen molar-refractivity contribution in [3.63, 3.8) is 0 Å². The van der Waals surface area contributed by atoms with Crippen molar-refractivity contribution in [1.29, 1.82) is 0 Å². The average molecular weight is 415 g/mol. The lowest BCUT2D eigenvalue weighted by Gasteiger charge is -2.13. The second-order valence-electron chi connectivity index (χ2n) is 7.83. The highest BCUT2D eigenvalue weighted by Crippen LogP contribution is 2.35. The molecular weight excluding hydrogens is 382 g/mol. The molecule has 0 aliphatic heterocycles. The Hall–Kier alpha value is -2.36. The minimum Gasteiger partial charge on any atom is -0.490 e. The highest BCUT2D eigenvalue weighted by molar-refractivity contribution is 6.08. The number of ether oxygens (including phenoxy) is 2. The van der Waals surface area contributed by atoms with Gasteiger partial charge in [-0.15, -0.1) is 0 Å². The summed E-state index contributed by atoms with van der Waals surface area (Å²) in [6.07, 6.45) is 8.66. The van der Waals surface area contributed by atoms with Crippen LogP contribution in [0.3, 0.4) is 0 Å². The fourth-order valence-corrected chi connectivity index (χ4v) is 3.75. The van der Waals surface area contributed by atoms with E-state index in [2.05, 4.69) is 13.8 Å². The number of halogens is 2. The van der Waals surface area contributed by atoms with Gasteiger partial charge in [0.2, 0.25) is 0 Å². The third kappa shape index (κ3) is 5.21. The number of fused-ring (bicyclic) bond motifs is 3. The zero-order chi connectivity index (χ0) is 21.3. The Morgan fingerprint density at radius 1 is 0.533 bits per heavy atom. The average Bonchev–Trinajstić information content (AvgIpc) is 2.76. The van der Waals surface area contributed by atoms with Gasteiger partial charge in [-0.05, 0) is 47.9 Å². The van der Waals surface area contributed by atoms with Crippen molar-refractivity contribution >= 4 is 21.5 Å². The SMILES string of the molecule is CCCCCCCOc1ccc2c(ccc3c(F)c(OCCCCC)ccc32)c1F. The van der Waals surface area contributed by atoms with Crippen molar-refractivity contribution in [2.24, 2.45) is 0 Å². The standard InChI is InChI=1S/C26H32F2O2/c1-3-5-7-8-10-18-30-24-16-14-20-19-13-15-23(29-17-9-6-4-2)25(27)21(19)11-12-22(20)26(24)28/h11-16H,3-10,17-18H2,1-2H3. The number of hydrogen-bond acceptors (Lipinski definition) is 2. The zero-order valence-electron chi connectivity index (χ0n) is 18.1. The van der Waals surface area contributed by atoms with E-state index in [1.807, 2.05) is 12.1 Å². The normalized spacial score (nSPS) is 11.3. The quantitative estimate of drug-likeness (QED) is 0.220. The number of unbranched alkanes of at least 4 members (excludes halogenated alkanes) is 6. The highest BCUT2D eigenvalue weighted by atomic mass is 19.1. The van der Waals surface area contributed by atoms with Crippen LogP contribution >= 0.6 is 0 Å². The topological polar surface area (TPSA) is 18.5 Å². The van der Waals surface area contributed by atoms with Crippen LogP contribution in [0.15, 0.2) is 36.4 Å². The Labute approximate surface area is 178 Å². The maximum Gasteiger partial charge on any atom is 0.172 e. The molecule has 0 bridgehead atoms. The fourth-order valence-electron chi connectivity index (χ4n) is 3.75. The van der Waals surface area contributed by atoms with Gasteiger partial charge in [0.15, 0.2) is 23.1 Å². The van der Waals surface area contributed by atoms with E-state index in [0.29, 0.717) is 34.8 Å². The molecule has 0 radical (unpaired) electrons. The minimum atomic E-state index is -0.390. The summed E-state index contributed by atoms with van der Waals surface area (Å²) in [6, 6.07) is 10.2. The molecule has 3 aromatic carbocycles. The lowest BCUT2D eigenvalue weighted by atomic mass is 10.0. The van der Waals surface area contributed by atoms with E-state index < -0.39 is 5.82 Å². The van der Waals surface area contributed by atoms with Gasteiger partial charge in [0.1, 0.15) is 0 Å². The van der Waals surface area contributed by atoms with Crippen LogP contribution in [-0.4, -0.2) is 13.2 Å². The van der Waals surface area contributed by atoms with E-state index in [1.165, 1.54) is 19.3 Å². The predicted molar refractivity (Wildman–Crippen MR) is 121 cm³/mol. The van der Waals surface area contributed by atoms with Crippen LogP contribution in [-0.2, 0) is 0 Å². The van der Waals surface area contributed by atoms with Crippen LogP contribution in [0.5, 0.6) is 11.5 Å². The molecule has 0 unspecified atom stereocenters. The van der Waals surface area contributed by atoms with Crippen LogP contribution in [0.2, 0.25) is 0 Å². The van der Waals surface area contributed by atoms with Crippen molar-refractivity contribution in [3.8, 4) is 11.5 Å². The van der Waals surface area contributed by atoms with E-state index in [9.17, 15) is 4.39 Å². The Kier molecular flexibility index (Phi) is 8.30. The molecule has 0 N–H and O–H groups in total. The molecule has 0 aliphatic rings. The van der Waals surface area contributed by atoms with Crippen molar-refractivity contribution in [2.45, 2.75) is 65.2 Å². The Bertz CT molecular complexity index is 968. The summed E-state index contributed by atoms with van der Waals surface area (Å²) in [7, 11) is 0. The summed E-state index contributed by atoms with van der Waals surface area (Å²) < 4.78 is 41.2. The van der Waals surface area contributed by atoms with Crippen LogP contribution < -0.4 is 9.47 Å². The lowest BCUT2D eigenvalue weighted by molar-refractivity contribution is 0.291. The molecule has 162 valence electrons. The second-order valence-corrected chi connectivity index (χ2v) is 7.83. The molecule has 0 heterocycles. The molecule has 0 atom stereocenters. The van der Waals surface area contributed by atoms with Crippen LogP contribution in [0.25, 0.3) is 21.5 Å². The predicted octanol–water partition coefficient (Wildman–Crippen LogP) is 8.19. The van der Waals surface area contributed by atoms with Gasteiger partial charge < -0.3 is 9.47 Å². The van der Waals surface area contributed by atoms with Crippen molar-refractivity contribution in [2.75, 3.05) is 13.2 Å². The number of rotatable bonds is 12. The molecule has 4 heteroatoms. The summed E-state index contributed by atoms with van der Waals surface area (Å²) in [5.41, 5.74) is 0. The Morgan fingerprint density at radius 2 is 0.933 bits per heavy atom. The molecule has 0 saturated carbocycles. The molecule has 2 nitrogen and oxygen atoms in total. The molecule has 0 spiro atoms. The molecule has 0 saturated heterocycles. The fraction of sp³-hybridized carbons (Fsp3) is 0.462. The van der Waals surface area contributed by atoms with E-state index >= 15 is 4.39 Å². The third-order valence-corrected chi connectivity index (χ3v) is 5.51. The number of hydrogen-bond donors (Lipinski definition) is 0. The van der Waals surface area contributed by atoms with Gasteiger partial charge in [-0.3, -0.25) is 0 Å². The molecule has 30 heavy (non-hydrogen) atoms. The Balaban J connectivity index is 1.78. The first kappa shape index (κ1) is 22.3.